The quantitative estimate of drug-likeness (QED) is 0.898. The molecule has 1 N–H and O–H groups in total. The maximum atomic E-state index is 12.8. The highest BCUT2D eigenvalue weighted by Crippen LogP contribution is 2.26. The van der Waals surface area contributed by atoms with Gasteiger partial charge in [0.1, 0.15) is 0 Å². The largest absolute Gasteiger partial charge is 0.337 e. The average molecular weight is 339 g/mol. The van der Waals surface area contributed by atoms with E-state index in [0.29, 0.717) is 18.7 Å². The van der Waals surface area contributed by atoms with Crippen molar-refractivity contribution < 1.29 is 13.2 Å². The van der Waals surface area contributed by atoms with Gasteiger partial charge in [-0.05, 0) is 37.3 Å². The average Bonchev–Trinajstić information content (AvgIpc) is 2.79. The van der Waals surface area contributed by atoms with Crippen molar-refractivity contribution in [2.45, 2.75) is 33.7 Å². The molecule has 0 radical (unpaired) electrons. The highest BCUT2D eigenvalue weighted by atomic mass is 32.2. The van der Waals surface area contributed by atoms with Crippen LogP contribution in [0.4, 0.5) is 0 Å². The molecule has 0 aromatic carbocycles. The first-order chi connectivity index (χ1) is 10.6. The molecule has 0 aliphatic carbocycles. The zero-order valence-electron chi connectivity index (χ0n) is 14.3. The Hall–Kier alpha value is -1.47. The molecule has 1 aliphatic heterocycles. The number of likely N-dealkylation sites (tertiary alicyclic amines) is 1. The van der Waals surface area contributed by atoms with E-state index in [0.717, 1.165) is 17.5 Å². The molecule has 1 fully saturated rings. The lowest BCUT2D eigenvalue weighted by molar-refractivity contribution is 0.0782. The van der Waals surface area contributed by atoms with Crippen LogP contribution in [-0.4, -0.2) is 49.6 Å². The van der Waals surface area contributed by atoms with Gasteiger partial charge in [0.25, 0.3) is 5.91 Å². The van der Waals surface area contributed by atoms with E-state index in [1.807, 2.05) is 33.8 Å². The van der Waals surface area contributed by atoms with Crippen LogP contribution in [0.3, 0.4) is 0 Å². The summed E-state index contributed by atoms with van der Waals surface area (Å²) in [5, 5.41) is 0. The fourth-order valence-electron chi connectivity index (χ4n) is 3.16. The number of nitrogens with zero attached hydrogens (tertiary/aromatic N) is 2. The Bertz CT molecular complexity index is 701. The van der Waals surface area contributed by atoms with E-state index in [-0.39, 0.29) is 23.8 Å². The molecule has 2 atom stereocenters. The number of hydrogen-bond acceptors (Lipinski definition) is 4. The van der Waals surface area contributed by atoms with Crippen molar-refractivity contribution in [3.63, 3.8) is 0 Å². The molecule has 0 spiro atoms. The molecule has 1 aromatic heterocycles. The van der Waals surface area contributed by atoms with Crippen molar-refractivity contribution in [3.05, 3.63) is 29.1 Å². The minimum atomic E-state index is -3.30. The van der Waals surface area contributed by atoms with E-state index in [1.165, 1.54) is 0 Å². The number of aromatic nitrogens is 1. The molecule has 23 heavy (non-hydrogen) atoms. The number of pyridine rings is 1. The molecule has 0 bridgehead atoms. The number of carbonyl (C=O) groups excluding carboxylic acids is 1. The fraction of sp³-hybridized carbons (Fsp3) is 0.625. The van der Waals surface area contributed by atoms with Gasteiger partial charge < -0.3 is 4.90 Å². The summed E-state index contributed by atoms with van der Waals surface area (Å²) in [7, 11) is -3.30. The second-order valence-corrected chi connectivity index (χ2v) is 8.54. The Morgan fingerprint density at radius 1 is 1.35 bits per heavy atom. The van der Waals surface area contributed by atoms with Gasteiger partial charge >= 0.3 is 0 Å². The molecular formula is C16H25N3O3S. The maximum Gasteiger partial charge on any atom is 0.255 e. The van der Waals surface area contributed by atoms with Crippen LogP contribution in [0.2, 0.25) is 0 Å². The SMILES string of the molecule is Cc1cc(C)c(C(=O)N2C[C@H](NS(C)(=O)=O)[C@@H](C(C)C)C2)cn1. The van der Waals surface area contributed by atoms with Gasteiger partial charge in [-0.1, -0.05) is 13.8 Å². The van der Waals surface area contributed by atoms with Crippen molar-refractivity contribution in [1.82, 2.24) is 14.6 Å². The van der Waals surface area contributed by atoms with Crippen molar-refractivity contribution in [2.75, 3.05) is 19.3 Å². The van der Waals surface area contributed by atoms with E-state index < -0.39 is 10.0 Å². The lowest BCUT2D eigenvalue weighted by Crippen LogP contribution is -2.41. The predicted molar refractivity (Wildman–Crippen MR) is 89.7 cm³/mol. The van der Waals surface area contributed by atoms with Crippen LogP contribution < -0.4 is 4.72 Å². The molecule has 1 amide bonds. The van der Waals surface area contributed by atoms with Gasteiger partial charge in [0, 0.05) is 31.0 Å². The molecule has 0 saturated carbocycles. The van der Waals surface area contributed by atoms with Gasteiger partial charge in [0.15, 0.2) is 0 Å². The highest BCUT2D eigenvalue weighted by molar-refractivity contribution is 7.88. The van der Waals surface area contributed by atoms with E-state index in [2.05, 4.69) is 9.71 Å². The van der Waals surface area contributed by atoms with Crippen molar-refractivity contribution >= 4 is 15.9 Å². The Balaban J connectivity index is 2.22. The molecule has 1 aromatic rings. The smallest absolute Gasteiger partial charge is 0.255 e. The molecule has 1 aliphatic rings. The summed E-state index contributed by atoms with van der Waals surface area (Å²) in [5.41, 5.74) is 2.35. The van der Waals surface area contributed by atoms with E-state index in [1.54, 1.807) is 11.1 Å². The van der Waals surface area contributed by atoms with E-state index >= 15 is 0 Å². The van der Waals surface area contributed by atoms with Gasteiger partial charge in [-0.3, -0.25) is 9.78 Å². The summed E-state index contributed by atoms with van der Waals surface area (Å²) < 4.78 is 25.8. The number of rotatable bonds is 4. The monoisotopic (exact) mass is 339 g/mol. The molecule has 0 unspecified atom stereocenters. The van der Waals surface area contributed by atoms with Crippen LogP contribution in [0.5, 0.6) is 0 Å². The van der Waals surface area contributed by atoms with Gasteiger partial charge in [-0.25, -0.2) is 13.1 Å². The Kier molecular flexibility index (Phi) is 5.10. The summed E-state index contributed by atoms with van der Waals surface area (Å²) in [6.07, 6.45) is 2.76. The first-order valence-corrected chi connectivity index (χ1v) is 9.67. The second-order valence-electron chi connectivity index (χ2n) is 6.76. The zero-order chi connectivity index (χ0) is 17.4. The molecule has 2 rings (SSSR count). The Morgan fingerprint density at radius 2 is 2.00 bits per heavy atom. The first kappa shape index (κ1) is 17.9. The van der Waals surface area contributed by atoms with Gasteiger partial charge in [0.05, 0.1) is 11.8 Å². The van der Waals surface area contributed by atoms with Gasteiger partial charge in [-0.15, -0.1) is 0 Å². The molecular weight excluding hydrogens is 314 g/mol. The minimum absolute atomic E-state index is 0.0848. The van der Waals surface area contributed by atoms with Crippen molar-refractivity contribution in [3.8, 4) is 0 Å². The number of aryl methyl sites for hydroxylation is 2. The second kappa shape index (κ2) is 6.57. The topological polar surface area (TPSA) is 79.4 Å². The lowest BCUT2D eigenvalue weighted by Gasteiger charge is -2.21. The number of amides is 1. The highest BCUT2D eigenvalue weighted by Gasteiger charge is 2.38. The third kappa shape index (κ3) is 4.29. The van der Waals surface area contributed by atoms with Crippen LogP contribution in [0.1, 0.15) is 35.5 Å². The zero-order valence-corrected chi connectivity index (χ0v) is 15.1. The summed E-state index contributed by atoms with van der Waals surface area (Å²) in [6, 6.07) is 1.64. The van der Waals surface area contributed by atoms with Crippen molar-refractivity contribution in [2.24, 2.45) is 11.8 Å². The summed E-state index contributed by atoms with van der Waals surface area (Å²) >= 11 is 0. The minimum Gasteiger partial charge on any atom is -0.337 e. The Morgan fingerprint density at radius 3 is 2.52 bits per heavy atom. The van der Waals surface area contributed by atoms with Crippen LogP contribution in [-0.2, 0) is 10.0 Å². The van der Waals surface area contributed by atoms with Gasteiger partial charge in [-0.2, -0.15) is 0 Å². The van der Waals surface area contributed by atoms with Crippen LogP contribution in [0.15, 0.2) is 12.3 Å². The summed E-state index contributed by atoms with van der Waals surface area (Å²) in [4.78, 5) is 18.7. The maximum absolute atomic E-state index is 12.8. The number of nitrogens with one attached hydrogen (secondary N) is 1. The third-order valence-corrected chi connectivity index (χ3v) is 5.08. The van der Waals surface area contributed by atoms with E-state index in [4.69, 9.17) is 0 Å². The standard InChI is InChI=1S/C16H25N3O3S/c1-10(2)14-8-19(9-15(14)18-23(5,21)22)16(20)13-7-17-12(4)6-11(13)3/h6-7,10,14-15,18H,8-9H2,1-5H3/t14-,15+/m1/s1. The van der Waals surface area contributed by atoms with Crippen LogP contribution in [0.25, 0.3) is 0 Å². The van der Waals surface area contributed by atoms with Crippen LogP contribution >= 0.6 is 0 Å². The fourth-order valence-corrected chi connectivity index (χ4v) is 3.96. The number of hydrogen-bond donors (Lipinski definition) is 1. The molecule has 2 heterocycles. The Labute approximate surface area is 138 Å². The number of carbonyl (C=O) groups is 1. The normalized spacial score (nSPS) is 21.9. The molecule has 1 saturated heterocycles. The number of sulfonamides is 1. The molecule has 6 nitrogen and oxygen atoms in total. The molecule has 128 valence electrons. The molecule has 7 heteroatoms. The predicted octanol–water partition coefficient (Wildman–Crippen LogP) is 1.34. The van der Waals surface area contributed by atoms with Gasteiger partial charge in [0.2, 0.25) is 10.0 Å². The lowest BCUT2D eigenvalue weighted by atomic mass is 9.92. The summed E-state index contributed by atoms with van der Waals surface area (Å²) in [5.74, 6) is 0.301. The van der Waals surface area contributed by atoms with Crippen LogP contribution in [0, 0.1) is 25.7 Å². The summed E-state index contributed by atoms with van der Waals surface area (Å²) in [6.45, 7) is 8.82. The third-order valence-electron chi connectivity index (χ3n) is 4.35. The van der Waals surface area contributed by atoms with Crippen molar-refractivity contribution in [1.29, 1.82) is 0 Å². The first-order valence-electron chi connectivity index (χ1n) is 7.78. The van der Waals surface area contributed by atoms with E-state index in [9.17, 15) is 13.2 Å².